The number of aliphatic imine (C=N–C) groups is 1. The van der Waals surface area contributed by atoms with Crippen LogP contribution in [0.2, 0.25) is 0 Å². The molecule has 0 atom stereocenters. The number of benzene rings is 1. The van der Waals surface area contributed by atoms with E-state index in [9.17, 15) is 4.39 Å². The molecular formula is C13H18FN3. The molecule has 17 heavy (non-hydrogen) atoms. The molecule has 92 valence electrons. The van der Waals surface area contributed by atoms with E-state index in [1.165, 1.54) is 25.0 Å². The summed E-state index contributed by atoms with van der Waals surface area (Å²) in [6.07, 6.45) is 5.31. The van der Waals surface area contributed by atoms with Crippen molar-refractivity contribution in [1.82, 2.24) is 5.43 Å². The monoisotopic (exact) mass is 235 g/mol. The number of rotatable bonds is 3. The molecule has 0 amide bonds. The van der Waals surface area contributed by atoms with Crippen LogP contribution >= 0.6 is 0 Å². The van der Waals surface area contributed by atoms with Gasteiger partial charge < -0.3 is 5.43 Å². The second-order valence-corrected chi connectivity index (χ2v) is 4.47. The van der Waals surface area contributed by atoms with Crippen molar-refractivity contribution in [1.29, 1.82) is 0 Å². The summed E-state index contributed by atoms with van der Waals surface area (Å²) in [7, 11) is 0. The number of hydrogen-bond donors (Lipinski definition) is 2. The van der Waals surface area contributed by atoms with Crippen LogP contribution < -0.4 is 11.3 Å². The number of amidine groups is 1. The Hall–Kier alpha value is -1.42. The van der Waals surface area contributed by atoms with Crippen molar-refractivity contribution >= 4 is 5.84 Å². The van der Waals surface area contributed by atoms with Crippen molar-refractivity contribution in [3.63, 3.8) is 0 Å². The van der Waals surface area contributed by atoms with Crippen LogP contribution in [0.15, 0.2) is 29.3 Å². The van der Waals surface area contributed by atoms with Crippen LogP contribution in [0.5, 0.6) is 0 Å². The minimum atomic E-state index is -0.222. The van der Waals surface area contributed by atoms with Gasteiger partial charge in [-0.3, -0.25) is 4.99 Å². The highest BCUT2D eigenvalue weighted by molar-refractivity contribution is 5.84. The third kappa shape index (κ3) is 3.53. The summed E-state index contributed by atoms with van der Waals surface area (Å²) in [6, 6.07) is 6.92. The van der Waals surface area contributed by atoms with Gasteiger partial charge in [0.15, 0.2) is 0 Å². The summed E-state index contributed by atoms with van der Waals surface area (Å²) in [6.45, 7) is 0. The first-order valence-corrected chi connectivity index (χ1v) is 6.05. The summed E-state index contributed by atoms with van der Waals surface area (Å²) in [4.78, 5) is 4.58. The molecule has 3 nitrogen and oxygen atoms in total. The summed E-state index contributed by atoms with van der Waals surface area (Å²) in [5.41, 5.74) is 3.51. The third-order valence-electron chi connectivity index (χ3n) is 3.09. The van der Waals surface area contributed by atoms with Gasteiger partial charge in [-0.15, -0.1) is 0 Å². The Bertz CT molecular complexity index is 397. The van der Waals surface area contributed by atoms with E-state index >= 15 is 0 Å². The molecule has 0 spiro atoms. The molecule has 0 saturated heterocycles. The van der Waals surface area contributed by atoms with E-state index in [0.717, 1.165) is 24.2 Å². The minimum absolute atomic E-state index is 0.222. The topological polar surface area (TPSA) is 50.4 Å². The summed E-state index contributed by atoms with van der Waals surface area (Å²) in [5, 5.41) is 0. The number of halogens is 1. The van der Waals surface area contributed by atoms with Crippen LogP contribution in [-0.4, -0.2) is 11.9 Å². The van der Waals surface area contributed by atoms with E-state index in [2.05, 4.69) is 10.4 Å². The number of hydrogen-bond acceptors (Lipinski definition) is 2. The lowest BCUT2D eigenvalue weighted by Gasteiger charge is -2.09. The molecule has 1 aliphatic carbocycles. The summed E-state index contributed by atoms with van der Waals surface area (Å²) in [5.74, 6) is 5.98. The Morgan fingerprint density at radius 1 is 1.41 bits per heavy atom. The first-order valence-electron chi connectivity index (χ1n) is 6.05. The van der Waals surface area contributed by atoms with E-state index in [0.29, 0.717) is 12.5 Å². The Labute approximate surface area is 101 Å². The molecule has 1 aromatic rings. The largest absolute Gasteiger partial charge is 0.312 e. The zero-order valence-electron chi connectivity index (χ0n) is 9.82. The molecular weight excluding hydrogens is 217 g/mol. The predicted octanol–water partition coefficient (Wildman–Crippen LogP) is 2.17. The summed E-state index contributed by atoms with van der Waals surface area (Å²) < 4.78 is 13.0. The van der Waals surface area contributed by atoms with E-state index in [-0.39, 0.29) is 5.82 Å². The van der Waals surface area contributed by atoms with Crippen LogP contribution in [0.25, 0.3) is 0 Å². The maximum absolute atomic E-state index is 13.0. The van der Waals surface area contributed by atoms with Crippen LogP contribution in [-0.2, 0) is 6.42 Å². The highest BCUT2D eigenvalue weighted by atomic mass is 19.1. The molecule has 0 bridgehead atoms. The molecule has 0 aliphatic heterocycles. The van der Waals surface area contributed by atoms with Gasteiger partial charge in [-0.25, -0.2) is 10.2 Å². The Morgan fingerprint density at radius 3 is 2.82 bits per heavy atom. The van der Waals surface area contributed by atoms with Gasteiger partial charge in [-0.2, -0.15) is 0 Å². The van der Waals surface area contributed by atoms with Crippen molar-refractivity contribution in [3.05, 3.63) is 35.6 Å². The molecule has 0 aromatic heterocycles. The molecule has 3 N–H and O–H groups in total. The molecule has 1 aromatic carbocycles. The van der Waals surface area contributed by atoms with E-state index < -0.39 is 0 Å². The average Bonchev–Trinajstić information content (AvgIpc) is 2.81. The predicted molar refractivity (Wildman–Crippen MR) is 67.1 cm³/mol. The van der Waals surface area contributed by atoms with Crippen LogP contribution in [0.1, 0.15) is 31.2 Å². The highest BCUT2D eigenvalue weighted by Gasteiger charge is 2.14. The molecule has 0 heterocycles. The van der Waals surface area contributed by atoms with Gasteiger partial charge in [0.25, 0.3) is 0 Å². The smallest absolute Gasteiger partial charge is 0.123 e. The number of nitrogens with one attached hydrogen (secondary N) is 1. The maximum Gasteiger partial charge on any atom is 0.123 e. The third-order valence-corrected chi connectivity index (χ3v) is 3.09. The molecule has 0 unspecified atom stereocenters. The minimum Gasteiger partial charge on any atom is -0.312 e. The van der Waals surface area contributed by atoms with Crippen molar-refractivity contribution in [2.45, 2.75) is 38.1 Å². The lowest BCUT2D eigenvalue weighted by Crippen LogP contribution is -2.33. The van der Waals surface area contributed by atoms with Crippen molar-refractivity contribution < 1.29 is 4.39 Å². The fourth-order valence-electron chi connectivity index (χ4n) is 2.23. The van der Waals surface area contributed by atoms with Gasteiger partial charge in [-0.05, 0) is 30.5 Å². The van der Waals surface area contributed by atoms with E-state index in [1.54, 1.807) is 6.07 Å². The van der Waals surface area contributed by atoms with Crippen molar-refractivity contribution in [2.75, 3.05) is 0 Å². The second-order valence-electron chi connectivity index (χ2n) is 4.47. The molecule has 2 rings (SSSR count). The zero-order chi connectivity index (χ0) is 12.1. The lowest BCUT2D eigenvalue weighted by atomic mass is 10.1. The van der Waals surface area contributed by atoms with E-state index in [1.807, 2.05) is 6.07 Å². The highest BCUT2D eigenvalue weighted by Crippen LogP contribution is 2.21. The number of hydrazine groups is 1. The molecule has 0 radical (unpaired) electrons. The zero-order valence-corrected chi connectivity index (χ0v) is 9.82. The Kier molecular flexibility index (Phi) is 4.09. The second kappa shape index (κ2) is 5.77. The van der Waals surface area contributed by atoms with Crippen molar-refractivity contribution in [2.24, 2.45) is 10.8 Å². The molecule has 1 saturated carbocycles. The average molecular weight is 235 g/mol. The van der Waals surface area contributed by atoms with Gasteiger partial charge in [0.2, 0.25) is 0 Å². The van der Waals surface area contributed by atoms with Crippen LogP contribution in [0.3, 0.4) is 0 Å². The number of nitrogens with zero attached hydrogens (tertiary/aromatic N) is 1. The quantitative estimate of drug-likeness (QED) is 0.365. The molecule has 4 heteroatoms. The standard InChI is InChI=1S/C13H18FN3/c14-11-5-3-4-10(8-11)9-13(17-15)16-12-6-1-2-7-12/h3-5,8,12H,1-2,6-7,9,15H2,(H,16,17). The normalized spacial score (nSPS) is 17.4. The first-order chi connectivity index (χ1) is 8.28. The SMILES string of the molecule is NNC(Cc1cccc(F)c1)=NC1CCCC1. The van der Waals surface area contributed by atoms with E-state index in [4.69, 9.17) is 5.84 Å². The van der Waals surface area contributed by atoms with Crippen LogP contribution in [0.4, 0.5) is 4.39 Å². The van der Waals surface area contributed by atoms with Gasteiger partial charge in [0, 0.05) is 6.42 Å². The first kappa shape index (κ1) is 12.0. The van der Waals surface area contributed by atoms with Gasteiger partial charge in [-0.1, -0.05) is 25.0 Å². The van der Waals surface area contributed by atoms with Gasteiger partial charge in [0.1, 0.15) is 11.7 Å². The summed E-state index contributed by atoms with van der Waals surface area (Å²) >= 11 is 0. The Morgan fingerprint density at radius 2 is 2.18 bits per heavy atom. The number of nitrogens with two attached hydrogens (primary N) is 1. The van der Waals surface area contributed by atoms with Gasteiger partial charge in [0.05, 0.1) is 6.04 Å². The Balaban J connectivity index is 2.03. The van der Waals surface area contributed by atoms with Gasteiger partial charge >= 0.3 is 0 Å². The van der Waals surface area contributed by atoms with Crippen molar-refractivity contribution in [3.8, 4) is 0 Å². The van der Waals surface area contributed by atoms with Crippen LogP contribution in [0, 0.1) is 5.82 Å². The fourth-order valence-corrected chi connectivity index (χ4v) is 2.23. The molecule has 1 aliphatic rings. The molecule has 1 fully saturated rings. The lowest BCUT2D eigenvalue weighted by molar-refractivity contribution is 0.626. The fraction of sp³-hybridized carbons (Fsp3) is 0.462. The maximum atomic E-state index is 13.0.